The van der Waals surface area contributed by atoms with Crippen LogP contribution in [0, 0.1) is 0 Å². The van der Waals surface area contributed by atoms with Gasteiger partial charge >= 0.3 is 5.97 Å². The molecule has 0 aliphatic heterocycles. The van der Waals surface area contributed by atoms with E-state index in [9.17, 15) is 4.79 Å². The van der Waals surface area contributed by atoms with E-state index in [4.69, 9.17) is 10.8 Å². The number of rotatable bonds is 2. The lowest BCUT2D eigenvalue weighted by Crippen LogP contribution is -2.02. The molecule has 12 heavy (non-hydrogen) atoms. The molecule has 1 rings (SSSR count). The van der Waals surface area contributed by atoms with E-state index in [-0.39, 0.29) is 0 Å². The van der Waals surface area contributed by atoms with Crippen molar-refractivity contribution in [2.75, 3.05) is 5.73 Å². The van der Waals surface area contributed by atoms with E-state index in [1.165, 1.54) is 6.07 Å². The van der Waals surface area contributed by atoms with Gasteiger partial charge in [0.1, 0.15) is 0 Å². The Morgan fingerprint density at radius 2 is 2.25 bits per heavy atom. The third kappa shape index (κ3) is 1.88. The van der Waals surface area contributed by atoms with Crippen molar-refractivity contribution in [3.63, 3.8) is 0 Å². The number of nitrogen functional groups attached to an aromatic ring is 1. The minimum atomic E-state index is -0.922. The first kappa shape index (κ1) is 9.31. The van der Waals surface area contributed by atoms with Crippen LogP contribution in [0.3, 0.4) is 0 Å². The van der Waals surface area contributed by atoms with Gasteiger partial charge in [-0.05, 0) is 17.7 Å². The van der Waals surface area contributed by atoms with Crippen molar-refractivity contribution < 1.29 is 9.90 Å². The Morgan fingerprint density at radius 3 is 2.75 bits per heavy atom. The van der Waals surface area contributed by atoms with Crippen LogP contribution in [0.2, 0.25) is 0 Å². The molecule has 0 aliphatic carbocycles. The summed E-state index contributed by atoms with van der Waals surface area (Å²) in [6.45, 7) is 0. The number of anilines is 1. The predicted octanol–water partition coefficient (Wildman–Crippen LogP) is 1.90. The first-order chi connectivity index (χ1) is 5.65. The van der Waals surface area contributed by atoms with Gasteiger partial charge in [-0.2, -0.15) is 0 Å². The number of alkyl halides is 1. The van der Waals surface area contributed by atoms with Gasteiger partial charge in [-0.25, -0.2) is 4.79 Å². The zero-order valence-corrected chi connectivity index (χ0v) is 8.41. The second kappa shape index (κ2) is 3.75. The lowest BCUT2D eigenvalue weighted by atomic mass is 10.1. The highest BCUT2D eigenvalue weighted by Gasteiger charge is 2.08. The van der Waals surface area contributed by atoms with E-state index in [1.54, 1.807) is 12.1 Å². The van der Waals surface area contributed by atoms with Gasteiger partial charge in [-0.1, -0.05) is 28.7 Å². The van der Waals surface area contributed by atoms with Gasteiger partial charge in [0, 0.05) is 10.1 Å². The Balaban J connectivity index is 3.21. The average molecular weight is 277 g/mol. The van der Waals surface area contributed by atoms with Gasteiger partial charge in [-0.15, -0.1) is 0 Å². The van der Waals surface area contributed by atoms with Crippen LogP contribution in [0.15, 0.2) is 18.2 Å². The van der Waals surface area contributed by atoms with Gasteiger partial charge in [0.05, 0.1) is 5.56 Å². The standard InChI is InChI=1S/C8H8INO2/c9-4-5-1-2-6(10)3-7(5)8(11)12/h1-3H,4,10H2,(H,11,12). The Labute approximate surface area is 83.7 Å². The van der Waals surface area contributed by atoms with Crippen LogP contribution >= 0.6 is 22.6 Å². The number of benzene rings is 1. The first-order valence-electron chi connectivity index (χ1n) is 3.33. The van der Waals surface area contributed by atoms with Crippen LogP contribution in [0.4, 0.5) is 5.69 Å². The molecule has 0 bridgehead atoms. The molecule has 0 saturated heterocycles. The molecule has 0 spiro atoms. The topological polar surface area (TPSA) is 63.3 Å². The fourth-order valence-electron chi connectivity index (χ4n) is 0.910. The van der Waals surface area contributed by atoms with Crippen molar-refractivity contribution >= 4 is 34.2 Å². The third-order valence-corrected chi connectivity index (χ3v) is 2.33. The fourth-order valence-corrected chi connectivity index (χ4v) is 1.57. The third-order valence-electron chi connectivity index (χ3n) is 1.51. The van der Waals surface area contributed by atoms with Gasteiger partial charge in [-0.3, -0.25) is 0 Å². The molecule has 0 radical (unpaired) electrons. The number of hydrogen-bond acceptors (Lipinski definition) is 2. The molecule has 1 aromatic carbocycles. The quantitative estimate of drug-likeness (QED) is 0.493. The number of hydrogen-bond donors (Lipinski definition) is 2. The summed E-state index contributed by atoms with van der Waals surface area (Å²) in [5, 5.41) is 8.76. The van der Waals surface area contributed by atoms with Crippen molar-refractivity contribution in [2.24, 2.45) is 0 Å². The molecule has 0 fully saturated rings. The zero-order chi connectivity index (χ0) is 9.14. The summed E-state index contributed by atoms with van der Waals surface area (Å²) in [5.41, 5.74) is 7.04. The average Bonchev–Trinajstić information content (AvgIpc) is 2.04. The molecule has 0 amide bonds. The van der Waals surface area contributed by atoms with Gasteiger partial charge in [0.25, 0.3) is 0 Å². The highest BCUT2D eigenvalue weighted by molar-refractivity contribution is 14.1. The minimum absolute atomic E-state index is 0.296. The second-order valence-corrected chi connectivity index (χ2v) is 3.12. The molecule has 0 saturated carbocycles. The Bertz CT molecular complexity index is 312. The van der Waals surface area contributed by atoms with Crippen molar-refractivity contribution in [2.45, 2.75) is 4.43 Å². The number of nitrogens with two attached hydrogens (primary N) is 1. The Morgan fingerprint density at radius 1 is 1.58 bits per heavy atom. The zero-order valence-electron chi connectivity index (χ0n) is 6.25. The van der Waals surface area contributed by atoms with E-state index < -0.39 is 5.97 Å². The van der Waals surface area contributed by atoms with Crippen LogP contribution in [0.5, 0.6) is 0 Å². The number of aromatic carboxylic acids is 1. The van der Waals surface area contributed by atoms with Crippen molar-refractivity contribution in [1.29, 1.82) is 0 Å². The van der Waals surface area contributed by atoms with Gasteiger partial charge < -0.3 is 10.8 Å². The van der Waals surface area contributed by atoms with Crippen LogP contribution < -0.4 is 5.73 Å². The number of carbonyl (C=O) groups is 1. The Kier molecular flexibility index (Phi) is 2.91. The molecule has 3 nitrogen and oxygen atoms in total. The highest BCUT2D eigenvalue weighted by atomic mass is 127. The molecule has 3 N–H and O–H groups in total. The van der Waals surface area contributed by atoms with E-state index in [1.807, 2.05) is 0 Å². The summed E-state index contributed by atoms with van der Waals surface area (Å²) in [6, 6.07) is 4.93. The molecular weight excluding hydrogens is 269 g/mol. The summed E-state index contributed by atoms with van der Waals surface area (Å²) in [5.74, 6) is -0.922. The second-order valence-electron chi connectivity index (χ2n) is 2.36. The summed E-state index contributed by atoms with van der Waals surface area (Å²) in [4.78, 5) is 10.7. The summed E-state index contributed by atoms with van der Waals surface area (Å²) < 4.78 is 0.680. The van der Waals surface area contributed by atoms with Crippen LogP contribution in [-0.2, 0) is 4.43 Å². The lowest BCUT2D eigenvalue weighted by Gasteiger charge is -2.02. The van der Waals surface area contributed by atoms with E-state index in [2.05, 4.69) is 22.6 Å². The number of halogens is 1. The lowest BCUT2D eigenvalue weighted by molar-refractivity contribution is 0.0696. The fraction of sp³-hybridized carbons (Fsp3) is 0.125. The normalized spacial score (nSPS) is 9.75. The van der Waals surface area contributed by atoms with Crippen LogP contribution in [0.1, 0.15) is 15.9 Å². The minimum Gasteiger partial charge on any atom is -0.478 e. The van der Waals surface area contributed by atoms with E-state index in [0.717, 1.165) is 5.56 Å². The first-order valence-corrected chi connectivity index (χ1v) is 4.85. The molecular formula is C8H8INO2. The predicted molar refractivity (Wildman–Crippen MR) is 55.5 cm³/mol. The molecule has 0 aliphatic rings. The summed E-state index contributed by atoms with van der Waals surface area (Å²) in [7, 11) is 0. The molecule has 0 atom stereocenters. The molecule has 64 valence electrons. The molecule has 0 aromatic heterocycles. The van der Waals surface area contributed by atoms with E-state index >= 15 is 0 Å². The highest BCUT2D eigenvalue weighted by Crippen LogP contribution is 2.16. The van der Waals surface area contributed by atoms with Crippen LogP contribution in [0.25, 0.3) is 0 Å². The van der Waals surface area contributed by atoms with Crippen molar-refractivity contribution in [3.05, 3.63) is 29.3 Å². The number of carboxylic acid groups (broad SMARTS) is 1. The molecule has 0 unspecified atom stereocenters. The van der Waals surface area contributed by atoms with Crippen molar-refractivity contribution in [1.82, 2.24) is 0 Å². The maximum atomic E-state index is 10.7. The largest absolute Gasteiger partial charge is 0.478 e. The smallest absolute Gasteiger partial charge is 0.336 e. The molecule has 0 heterocycles. The van der Waals surface area contributed by atoms with Gasteiger partial charge in [0.15, 0.2) is 0 Å². The molecule has 4 heteroatoms. The summed E-state index contributed by atoms with van der Waals surface area (Å²) >= 11 is 2.12. The maximum absolute atomic E-state index is 10.7. The monoisotopic (exact) mass is 277 g/mol. The van der Waals surface area contributed by atoms with Gasteiger partial charge in [0.2, 0.25) is 0 Å². The maximum Gasteiger partial charge on any atom is 0.336 e. The number of carboxylic acids is 1. The van der Waals surface area contributed by atoms with Crippen molar-refractivity contribution in [3.8, 4) is 0 Å². The Hall–Kier alpha value is -0.780. The summed E-state index contributed by atoms with van der Waals surface area (Å²) in [6.07, 6.45) is 0. The molecule has 1 aromatic rings. The SMILES string of the molecule is Nc1ccc(CI)c(C(=O)O)c1. The van der Waals surface area contributed by atoms with E-state index in [0.29, 0.717) is 15.7 Å². The van der Waals surface area contributed by atoms with Crippen LogP contribution in [-0.4, -0.2) is 11.1 Å².